The van der Waals surface area contributed by atoms with Gasteiger partial charge in [-0.1, -0.05) is 0 Å². The van der Waals surface area contributed by atoms with E-state index in [-0.39, 0.29) is 0 Å². The summed E-state index contributed by atoms with van der Waals surface area (Å²) in [5.41, 5.74) is 0. The monoisotopic (exact) mass is 643 g/mol. The normalized spacial score (nSPS) is 14.5. The maximum Gasteiger partial charge on any atom is 0.334 e. The Morgan fingerprint density at radius 3 is 1.23 bits per heavy atom. The zero-order chi connectivity index (χ0) is 32.1. The van der Waals surface area contributed by atoms with Crippen LogP contribution in [0.3, 0.4) is 0 Å². The lowest BCUT2D eigenvalue weighted by molar-refractivity contribution is 0.228. The van der Waals surface area contributed by atoms with E-state index in [0.717, 1.165) is 71.2 Å². The molecule has 1 aliphatic heterocycles. The highest BCUT2D eigenvalue weighted by Crippen LogP contribution is 2.16. The van der Waals surface area contributed by atoms with Gasteiger partial charge < -0.3 is 42.7 Å². The minimum atomic E-state index is -1.99. The van der Waals surface area contributed by atoms with E-state index >= 15 is 0 Å². The summed E-state index contributed by atoms with van der Waals surface area (Å²) < 4.78 is 17.2. The standard InChI is InChI=1S/C32H70N6O3Si2/c1-33(2)17-11-19-35(25-15-31-42(8,9)39-5)21-13-23-37-27-29-38(30-28-37)24-14-22-36(20-12-18-34(3)4)26-16-32-43(10,40-6)41-7/h27-30H,11-26,31-32H2,1-10H3. The van der Waals surface area contributed by atoms with Crippen LogP contribution in [0.15, 0.2) is 24.8 Å². The summed E-state index contributed by atoms with van der Waals surface area (Å²) in [5.74, 6) is 0. The molecule has 1 rings (SSSR count). The van der Waals surface area contributed by atoms with Gasteiger partial charge in [-0.3, -0.25) is 0 Å². The second kappa shape index (κ2) is 22.7. The molecule has 254 valence electrons. The van der Waals surface area contributed by atoms with Crippen LogP contribution in [0.5, 0.6) is 0 Å². The summed E-state index contributed by atoms with van der Waals surface area (Å²) in [7, 11) is 10.6. The van der Waals surface area contributed by atoms with Crippen LogP contribution in [-0.2, 0) is 13.3 Å². The first-order valence-electron chi connectivity index (χ1n) is 16.7. The molecule has 0 N–H and O–H groups in total. The van der Waals surface area contributed by atoms with E-state index in [4.69, 9.17) is 13.3 Å². The van der Waals surface area contributed by atoms with E-state index in [1.807, 2.05) is 7.11 Å². The highest BCUT2D eigenvalue weighted by atomic mass is 28.4. The Balaban J connectivity index is 2.44. The molecule has 1 aliphatic rings. The second-order valence-electron chi connectivity index (χ2n) is 13.5. The quantitative estimate of drug-likeness (QED) is 0.117. The Bertz CT molecular complexity index is 739. The van der Waals surface area contributed by atoms with Crippen molar-refractivity contribution in [1.82, 2.24) is 29.4 Å². The fourth-order valence-corrected chi connectivity index (χ4v) is 7.92. The fraction of sp³-hybridized carbons (Fsp3) is 0.875. The van der Waals surface area contributed by atoms with E-state index in [0.29, 0.717) is 0 Å². The minimum absolute atomic E-state index is 1.04. The van der Waals surface area contributed by atoms with Crippen LogP contribution in [0.25, 0.3) is 0 Å². The molecule has 0 unspecified atom stereocenters. The molecule has 0 radical (unpaired) electrons. The number of nitrogens with zero attached hydrogens (tertiary/aromatic N) is 6. The Hall–Kier alpha value is -0.766. The van der Waals surface area contributed by atoms with Gasteiger partial charge >= 0.3 is 8.56 Å². The van der Waals surface area contributed by atoms with Crippen LogP contribution < -0.4 is 0 Å². The van der Waals surface area contributed by atoms with E-state index in [9.17, 15) is 0 Å². The van der Waals surface area contributed by atoms with Gasteiger partial charge in [-0.2, -0.15) is 0 Å². The molecular formula is C32H70N6O3Si2. The van der Waals surface area contributed by atoms with Gasteiger partial charge in [0.1, 0.15) is 0 Å². The van der Waals surface area contributed by atoms with Crippen LogP contribution in [-0.4, -0.2) is 161 Å². The molecular weight excluding hydrogens is 573 g/mol. The first-order valence-corrected chi connectivity index (χ1v) is 22.3. The topological polar surface area (TPSA) is 47.1 Å². The van der Waals surface area contributed by atoms with Crippen molar-refractivity contribution in [3.05, 3.63) is 24.8 Å². The lowest BCUT2D eigenvalue weighted by atomic mass is 10.2. The van der Waals surface area contributed by atoms with Crippen LogP contribution >= 0.6 is 0 Å². The van der Waals surface area contributed by atoms with Crippen molar-refractivity contribution in [1.29, 1.82) is 0 Å². The molecule has 0 fully saturated rings. The van der Waals surface area contributed by atoms with Crippen molar-refractivity contribution >= 4 is 16.9 Å². The highest BCUT2D eigenvalue weighted by molar-refractivity contribution is 6.71. The summed E-state index contributed by atoms with van der Waals surface area (Å²) in [5, 5.41) is 0. The average Bonchev–Trinajstić information content (AvgIpc) is 2.97. The molecule has 0 aromatic carbocycles. The second-order valence-corrected chi connectivity index (χ2v) is 21.5. The Morgan fingerprint density at radius 1 is 0.488 bits per heavy atom. The minimum Gasteiger partial charge on any atom is -0.420 e. The van der Waals surface area contributed by atoms with Gasteiger partial charge in [-0.15, -0.1) is 0 Å². The molecule has 0 saturated carbocycles. The molecule has 43 heavy (non-hydrogen) atoms. The zero-order valence-corrected chi connectivity index (χ0v) is 31.9. The van der Waals surface area contributed by atoms with Gasteiger partial charge in [0.05, 0.1) is 0 Å². The van der Waals surface area contributed by atoms with Crippen molar-refractivity contribution in [2.24, 2.45) is 0 Å². The summed E-state index contributed by atoms with van der Waals surface area (Å²) in [4.78, 5) is 14.6. The Morgan fingerprint density at radius 2 is 0.860 bits per heavy atom. The zero-order valence-electron chi connectivity index (χ0n) is 29.9. The van der Waals surface area contributed by atoms with E-state index in [1.165, 1.54) is 44.8 Å². The molecule has 0 bridgehead atoms. The number of hydrogen-bond donors (Lipinski definition) is 0. The van der Waals surface area contributed by atoms with Crippen molar-refractivity contribution in [2.45, 2.75) is 70.3 Å². The van der Waals surface area contributed by atoms with Gasteiger partial charge in [0.2, 0.25) is 0 Å². The van der Waals surface area contributed by atoms with Crippen LogP contribution in [0.1, 0.15) is 38.5 Å². The third-order valence-electron chi connectivity index (χ3n) is 8.61. The van der Waals surface area contributed by atoms with Crippen LogP contribution in [0, 0.1) is 0 Å². The van der Waals surface area contributed by atoms with Crippen molar-refractivity contribution in [2.75, 3.05) is 115 Å². The molecule has 0 aliphatic carbocycles. The highest BCUT2D eigenvalue weighted by Gasteiger charge is 2.28. The molecule has 9 nitrogen and oxygen atoms in total. The largest absolute Gasteiger partial charge is 0.420 e. The molecule has 0 saturated heterocycles. The molecule has 0 aromatic rings. The molecule has 0 atom stereocenters. The van der Waals surface area contributed by atoms with Crippen molar-refractivity contribution in [3.63, 3.8) is 0 Å². The van der Waals surface area contributed by atoms with Gasteiger partial charge in [0.25, 0.3) is 0 Å². The predicted molar refractivity (Wildman–Crippen MR) is 189 cm³/mol. The first kappa shape index (κ1) is 40.3. The summed E-state index contributed by atoms with van der Waals surface area (Å²) in [6.45, 7) is 18.1. The van der Waals surface area contributed by atoms with E-state index in [1.54, 1.807) is 14.2 Å². The maximum absolute atomic E-state index is 5.77. The van der Waals surface area contributed by atoms with Crippen molar-refractivity contribution in [3.8, 4) is 0 Å². The average molecular weight is 643 g/mol. The fourth-order valence-electron chi connectivity index (χ4n) is 5.33. The third kappa shape index (κ3) is 20.1. The lowest BCUT2D eigenvalue weighted by Crippen LogP contribution is -2.37. The molecule has 0 spiro atoms. The molecule has 11 heteroatoms. The van der Waals surface area contributed by atoms with Gasteiger partial charge in [0, 0.05) is 59.2 Å². The van der Waals surface area contributed by atoms with E-state index in [2.05, 4.69) is 102 Å². The maximum atomic E-state index is 5.77. The SMILES string of the molecule is CO[Si](C)(C)CCCN(CCCN(C)C)CCCN1C=CN(CCCN(CCCN(C)C)CCC[Si](C)(OC)OC)C=C1. The van der Waals surface area contributed by atoms with Gasteiger partial charge in [-0.05, 0) is 151 Å². The molecule has 1 heterocycles. The first-order chi connectivity index (χ1) is 20.4. The predicted octanol–water partition coefficient (Wildman–Crippen LogP) is 4.83. The third-order valence-corrected chi connectivity index (χ3v) is 14.3. The summed E-state index contributed by atoms with van der Waals surface area (Å²) in [6, 6.07) is 2.27. The van der Waals surface area contributed by atoms with Crippen molar-refractivity contribution < 1.29 is 13.3 Å². The summed E-state index contributed by atoms with van der Waals surface area (Å²) >= 11 is 0. The Kier molecular flexibility index (Phi) is 21.2. The van der Waals surface area contributed by atoms with Gasteiger partial charge in [-0.25, -0.2) is 0 Å². The van der Waals surface area contributed by atoms with Crippen LogP contribution in [0.2, 0.25) is 31.7 Å². The summed E-state index contributed by atoms with van der Waals surface area (Å²) in [6.07, 6.45) is 16.1. The smallest absolute Gasteiger partial charge is 0.334 e. The number of hydrogen-bond acceptors (Lipinski definition) is 9. The molecule has 0 amide bonds. The van der Waals surface area contributed by atoms with Crippen LogP contribution in [0.4, 0.5) is 0 Å². The Labute approximate surface area is 269 Å². The number of rotatable bonds is 27. The lowest BCUT2D eigenvalue weighted by Gasteiger charge is -2.29. The molecule has 0 aromatic heterocycles. The van der Waals surface area contributed by atoms with E-state index < -0.39 is 16.9 Å². The van der Waals surface area contributed by atoms with Gasteiger partial charge in [0.15, 0.2) is 8.32 Å².